The number of hydrogen-bond acceptors (Lipinski definition) is 3. The Balaban J connectivity index is 1.54. The lowest BCUT2D eigenvalue weighted by Gasteiger charge is -2.17. The third-order valence-electron chi connectivity index (χ3n) is 4.38. The van der Waals surface area contributed by atoms with Crippen molar-refractivity contribution in [1.82, 2.24) is 24.6 Å². The average molecular weight is 351 g/mol. The maximum Gasteiger partial charge on any atom is 0.242 e. The van der Waals surface area contributed by atoms with Gasteiger partial charge in [-0.3, -0.25) is 4.79 Å². The molecule has 0 saturated heterocycles. The number of aromatic nitrogens is 4. The number of benzene rings is 1. The molecule has 0 bridgehead atoms. The highest BCUT2D eigenvalue weighted by molar-refractivity contribution is 5.79. The van der Waals surface area contributed by atoms with Crippen molar-refractivity contribution in [2.45, 2.75) is 39.2 Å². The van der Waals surface area contributed by atoms with Crippen molar-refractivity contribution < 1.29 is 4.79 Å². The minimum atomic E-state index is -0.276. The van der Waals surface area contributed by atoms with Gasteiger partial charge in [0.05, 0.1) is 11.9 Å². The molecule has 0 aliphatic rings. The van der Waals surface area contributed by atoms with Gasteiger partial charge in [-0.2, -0.15) is 5.10 Å². The molecule has 1 atom stereocenters. The summed E-state index contributed by atoms with van der Waals surface area (Å²) in [6.07, 6.45) is 8.19. The van der Waals surface area contributed by atoms with Gasteiger partial charge in [-0.1, -0.05) is 32.0 Å². The fourth-order valence-corrected chi connectivity index (χ4v) is 2.91. The minimum absolute atomic E-state index is 0.000325. The molecule has 0 spiro atoms. The Morgan fingerprint density at radius 1 is 1.19 bits per heavy atom. The molecule has 0 saturated carbocycles. The van der Waals surface area contributed by atoms with Crippen LogP contribution in [0.4, 0.5) is 0 Å². The predicted octanol–water partition coefficient (Wildman–Crippen LogP) is 3.11. The fraction of sp³-hybridized carbons (Fsp3) is 0.350. The largest absolute Gasteiger partial charge is 0.354 e. The number of nitrogens with zero attached hydrogens (tertiary/aromatic N) is 4. The summed E-state index contributed by atoms with van der Waals surface area (Å²) in [7, 11) is 0. The monoisotopic (exact) mass is 351 g/mol. The first-order valence-electron chi connectivity index (χ1n) is 8.95. The van der Waals surface area contributed by atoms with Gasteiger partial charge in [0.15, 0.2) is 0 Å². The van der Waals surface area contributed by atoms with Crippen LogP contribution in [0.2, 0.25) is 0 Å². The van der Waals surface area contributed by atoms with E-state index in [1.165, 1.54) is 0 Å². The van der Waals surface area contributed by atoms with Crippen molar-refractivity contribution in [3.63, 3.8) is 0 Å². The van der Waals surface area contributed by atoms with Crippen LogP contribution in [0.25, 0.3) is 5.69 Å². The van der Waals surface area contributed by atoms with Gasteiger partial charge in [-0.15, -0.1) is 0 Å². The van der Waals surface area contributed by atoms with E-state index in [-0.39, 0.29) is 17.9 Å². The molecule has 26 heavy (non-hydrogen) atoms. The van der Waals surface area contributed by atoms with E-state index in [0.29, 0.717) is 6.54 Å². The zero-order valence-electron chi connectivity index (χ0n) is 15.5. The minimum Gasteiger partial charge on any atom is -0.354 e. The van der Waals surface area contributed by atoms with Crippen LogP contribution in [0.5, 0.6) is 0 Å². The van der Waals surface area contributed by atoms with Crippen molar-refractivity contribution in [3.05, 3.63) is 66.5 Å². The number of para-hydroxylation sites is 1. The standard InChI is InChI=1S/C20H25N5O/c1-15(2)19-21-11-12-24(19)16(3)20(26)22-10-9-17-13-23-25(14-17)18-7-5-4-6-8-18/h4-8,11-16H,9-10H2,1-3H3,(H,22,26)/t16-/m0/s1. The molecule has 3 rings (SSSR count). The molecule has 0 aliphatic carbocycles. The van der Waals surface area contributed by atoms with Gasteiger partial charge in [-0.25, -0.2) is 9.67 Å². The summed E-state index contributed by atoms with van der Waals surface area (Å²) in [6, 6.07) is 9.70. The predicted molar refractivity (Wildman–Crippen MR) is 101 cm³/mol. The first-order valence-corrected chi connectivity index (χ1v) is 8.95. The summed E-state index contributed by atoms with van der Waals surface area (Å²) in [5.41, 5.74) is 2.12. The van der Waals surface area contributed by atoms with Crippen molar-refractivity contribution >= 4 is 5.91 Å². The van der Waals surface area contributed by atoms with Gasteiger partial charge in [-0.05, 0) is 31.0 Å². The van der Waals surface area contributed by atoms with Crippen LogP contribution >= 0.6 is 0 Å². The zero-order valence-corrected chi connectivity index (χ0v) is 15.5. The van der Waals surface area contributed by atoms with E-state index in [9.17, 15) is 4.79 Å². The molecule has 136 valence electrons. The number of amides is 1. The second-order valence-corrected chi connectivity index (χ2v) is 6.69. The van der Waals surface area contributed by atoms with Crippen molar-refractivity contribution in [2.24, 2.45) is 0 Å². The summed E-state index contributed by atoms with van der Waals surface area (Å²) >= 11 is 0. The number of hydrogen-bond donors (Lipinski definition) is 1. The van der Waals surface area contributed by atoms with Crippen molar-refractivity contribution in [3.8, 4) is 5.69 Å². The van der Waals surface area contributed by atoms with E-state index >= 15 is 0 Å². The highest BCUT2D eigenvalue weighted by atomic mass is 16.2. The molecule has 2 heterocycles. The first-order chi connectivity index (χ1) is 12.6. The van der Waals surface area contributed by atoms with Crippen LogP contribution in [0.15, 0.2) is 55.1 Å². The van der Waals surface area contributed by atoms with Gasteiger partial charge >= 0.3 is 0 Å². The molecular weight excluding hydrogens is 326 g/mol. The van der Waals surface area contributed by atoms with Gasteiger partial charge in [0.2, 0.25) is 5.91 Å². The summed E-state index contributed by atoms with van der Waals surface area (Å²) < 4.78 is 3.79. The molecule has 0 aliphatic heterocycles. The molecule has 0 fully saturated rings. The molecule has 3 aromatic rings. The Labute approximate surface area is 153 Å². The highest BCUT2D eigenvalue weighted by Gasteiger charge is 2.18. The third kappa shape index (κ3) is 4.02. The lowest BCUT2D eigenvalue weighted by atomic mass is 10.2. The second kappa shape index (κ2) is 7.99. The van der Waals surface area contributed by atoms with Crippen LogP contribution in [-0.4, -0.2) is 31.8 Å². The SMILES string of the molecule is CC(C)c1nccn1[C@@H](C)C(=O)NCCc1cnn(-c2ccccc2)c1. The van der Waals surface area contributed by atoms with Crippen LogP contribution in [0.1, 0.15) is 44.1 Å². The number of carbonyl (C=O) groups excluding carboxylic acids is 1. The Morgan fingerprint density at radius 3 is 2.69 bits per heavy atom. The molecule has 6 heteroatoms. The Kier molecular flexibility index (Phi) is 5.51. The van der Waals surface area contributed by atoms with Gasteiger partial charge < -0.3 is 9.88 Å². The maximum absolute atomic E-state index is 12.5. The van der Waals surface area contributed by atoms with Crippen LogP contribution < -0.4 is 5.32 Å². The number of imidazole rings is 1. The van der Waals surface area contributed by atoms with E-state index < -0.39 is 0 Å². The number of carbonyl (C=O) groups is 1. The molecular formula is C20H25N5O. The number of rotatable bonds is 7. The zero-order chi connectivity index (χ0) is 18.5. The van der Waals surface area contributed by atoms with Gasteiger partial charge in [0.25, 0.3) is 0 Å². The molecule has 0 radical (unpaired) electrons. The van der Waals surface area contributed by atoms with Crippen LogP contribution in [0.3, 0.4) is 0 Å². The molecule has 1 aromatic carbocycles. The van der Waals surface area contributed by atoms with Gasteiger partial charge in [0, 0.05) is 31.1 Å². The van der Waals surface area contributed by atoms with Gasteiger partial charge in [0.1, 0.15) is 11.9 Å². The smallest absolute Gasteiger partial charge is 0.242 e. The molecule has 1 N–H and O–H groups in total. The molecule has 2 aromatic heterocycles. The topological polar surface area (TPSA) is 64.7 Å². The lowest BCUT2D eigenvalue weighted by Crippen LogP contribution is -2.33. The van der Waals surface area contributed by atoms with Crippen molar-refractivity contribution in [1.29, 1.82) is 0 Å². The summed E-state index contributed by atoms with van der Waals surface area (Å²) in [4.78, 5) is 16.8. The quantitative estimate of drug-likeness (QED) is 0.711. The highest BCUT2D eigenvalue weighted by Crippen LogP contribution is 2.17. The first kappa shape index (κ1) is 17.9. The molecule has 6 nitrogen and oxygen atoms in total. The van der Waals surface area contributed by atoms with E-state index in [4.69, 9.17) is 0 Å². The Hall–Kier alpha value is -2.89. The molecule has 1 amide bonds. The van der Waals surface area contributed by atoms with E-state index in [0.717, 1.165) is 23.5 Å². The van der Waals surface area contributed by atoms with E-state index in [2.05, 4.69) is 29.2 Å². The van der Waals surface area contributed by atoms with Crippen LogP contribution in [0, 0.1) is 0 Å². The number of nitrogens with one attached hydrogen (secondary N) is 1. The normalized spacial score (nSPS) is 12.3. The second-order valence-electron chi connectivity index (χ2n) is 6.69. The van der Waals surface area contributed by atoms with E-state index in [1.54, 1.807) is 6.20 Å². The average Bonchev–Trinajstić information content (AvgIpc) is 3.31. The summed E-state index contributed by atoms with van der Waals surface area (Å²) in [5.74, 6) is 1.21. The van der Waals surface area contributed by atoms with E-state index in [1.807, 2.05) is 65.1 Å². The molecule has 0 unspecified atom stereocenters. The van der Waals surface area contributed by atoms with Crippen molar-refractivity contribution in [2.75, 3.05) is 6.54 Å². The Bertz CT molecular complexity index is 850. The third-order valence-corrected chi connectivity index (χ3v) is 4.38. The maximum atomic E-state index is 12.5. The summed E-state index contributed by atoms with van der Waals surface area (Å²) in [5, 5.41) is 7.39. The lowest BCUT2D eigenvalue weighted by molar-refractivity contribution is -0.123. The fourth-order valence-electron chi connectivity index (χ4n) is 2.91. The van der Waals surface area contributed by atoms with Crippen LogP contribution in [-0.2, 0) is 11.2 Å². The summed E-state index contributed by atoms with van der Waals surface area (Å²) in [6.45, 7) is 6.63. The Morgan fingerprint density at radius 2 is 1.96 bits per heavy atom.